The number of rotatable bonds is 8. The smallest absolute Gasteiger partial charge is 0.230 e. The summed E-state index contributed by atoms with van der Waals surface area (Å²) in [4.78, 5) is 15.3. The van der Waals surface area contributed by atoms with Crippen LogP contribution < -0.4 is 10.1 Å². The fourth-order valence-electron chi connectivity index (χ4n) is 3.82. The van der Waals surface area contributed by atoms with Crippen LogP contribution in [0.25, 0.3) is 0 Å². The molecule has 0 bridgehead atoms. The number of nitrogens with zero attached hydrogens (tertiary/aromatic N) is 1. The van der Waals surface area contributed by atoms with Gasteiger partial charge >= 0.3 is 0 Å². The minimum Gasteiger partial charge on any atom is -0.496 e. The van der Waals surface area contributed by atoms with Crippen molar-refractivity contribution in [1.29, 1.82) is 0 Å². The van der Waals surface area contributed by atoms with Gasteiger partial charge in [0.1, 0.15) is 5.75 Å². The molecule has 0 atom stereocenters. The molecule has 1 aromatic carbocycles. The second-order valence-electron chi connectivity index (χ2n) is 7.27. The van der Waals surface area contributed by atoms with Crippen molar-refractivity contribution in [3.8, 4) is 5.75 Å². The first kappa shape index (κ1) is 18.2. The molecule has 5 heteroatoms. The maximum atomic E-state index is 12.9. The number of ether oxygens (including phenoxy) is 2. The fraction of sp³-hybridized carbons (Fsp3) is 0.650. The third-order valence-electron chi connectivity index (χ3n) is 5.68. The lowest BCUT2D eigenvalue weighted by molar-refractivity contribution is -0.123. The van der Waals surface area contributed by atoms with E-state index < -0.39 is 0 Å². The second-order valence-corrected chi connectivity index (χ2v) is 7.27. The van der Waals surface area contributed by atoms with Gasteiger partial charge in [0.2, 0.25) is 5.91 Å². The van der Waals surface area contributed by atoms with Crippen LogP contribution in [0.3, 0.4) is 0 Å². The van der Waals surface area contributed by atoms with Crippen LogP contribution >= 0.6 is 0 Å². The summed E-state index contributed by atoms with van der Waals surface area (Å²) in [6.07, 6.45) is 4.11. The summed E-state index contributed by atoms with van der Waals surface area (Å²) < 4.78 is 10.6. The van der Waals surface area contributed by atoms with E-state index in [0.717, 1.165) is 69.8 Å². The van der Waals surface area contributed by atoms with Gasteiger partial charge in [0.05, 0.1) is 19.1 Å². The van der Waals surface area contributed by atoms with Gasteiger partial charge < -0.3 is 19.7 Å². The Morgan fingerprint density at radius 3 is 2.60 bits per heavy atom. The number of hydrogen-bond acceptors (Lipinski definition) is 4. The molecule has 5 nitrogen and oxygen atoms in total. The Labute approximate surface area is 150 Å². The lowest BCUT2D eigenvalue weighted by Crippen LogP contribution is -2.42. The summed E-state index contributed by atoms with van der Waals surface area (Å²) >= 11 is 0. The summed E-state index contributed by atoms with van der Waals surface area (Å²) in [6, 6.07) is 7.91. The van der Waals surface area contributed by atoms with Gasteiger partial charge in [-0.15, -0.1) is 0 Å². The predicted molar refractivity (Wildman–Crippen MR) is 98.0 cm³/mol. The molecule has 1 saturated heterocycles. The van der Waals surface area contributed by atoms with Crippen molar-refractivity contribution < 1.29 is 14.3 Å². The number of benzene rings is 1. The largest absolute Gasteiger partial charge is 0.496 e. The number of carbonyl (C=O) groups excluding carboxylic acids is 1. The standard InChI is InChI=1S/C20H30N2O3/c1-24-14-13-22-11-7-16(8-12-22)15-21-19(23)20(9-10-20)17-5-3-4-6-18(17)25-2/h3-6,16H,7-15H2,1-2H3,(H,21,23). The van der Waals surface area contributed by atoms with Gasteiger partial charge in [0.25, 0.3) is 0 Å². The van der Waals surface area contributed by atoms with E-state index in [1.165, 1.54) is 0 Å². The number of amides is 1. The minimum absolute atomic E-state index is 0.166. The molecule has 0 radical (unpaired) electrons. The van der Waals surface area contributed by atoms with E-state index in [-0.39, 0.29) is 11.3 Å². The van der Waals surface area contributed by atoms with Crippen LogP contribution in [-0.4, -0.2) is 57.8 Å². The Kier molecular flexibility index (Phi) is 5.97. The van der Waals surface area contributed by atoms with Gasteiger partial charge in [0, 0.05) is 25.8 Å². The van der Waals surface area contributed by atoms with Crippen molar-refractivity contribution in [2.24, 2.45) is 5.92 Å². The second kappa shape index (κ2) is 8.19. The summed E-state index contributed by atoms with van der Waals surface area (Å²) in [5, 5.41) is 3.23. The Bertz CT molecular complexity index is 578. The van der Waals surface area contributed by atoms with E-state index in [2.05, 4.69) is 10.2 Å². The normalized spacial score (nSPS) is 20.2. The molecule has 138 valence electrons. The molecule has 1 amide bonds. The van der Waals surface area contributed by atoms with E-state index in [0.29, 0.717) is 5.92 Å². The van der Waals surface area contributed by atoms with Crippen LogP contribution in [0.2, 0.25) is 0 Å². The van der Waals surface area contributed by atoms with Crippen molar-refractivity contribution in [2.75, 3.05) is 47.0 Å². The molecule has 25 heavy (non-hydrogen) atoms. The Balaban J connectivity index is 1.50. The zero-order valence-corrected chi connectivity index (χ0v) is 15.4. The molecular weight excluding hydrogens is 316 g/mol. The summed E-state index contributed by atoms with van der Waals surface area (Å²) in [5.41, 5.74) is 0.663. The van der Waals surface area contributed by atoms with Crippen LogP contribution in [0.15, 0.2) is 24.3 Å². The van der Waals surface area contributed by atoms with Gasteiger partial charge in [-0.2, -0.15) is 0 Å². The van der Waals surface area contributed by atoms with Crippen LogP contribution in [0.5, 0.6) is 5.75 Å². The van der Waals surface area contributed by atoms with Gasteiger partial charge in [-0.3, -0.25) is 4.79 Å². The molecule has 0 spiro atoms. The number of nitrogens with one attached hydrogen (secondary N) is 1. The van der Waals surface area contributed by atoms with Crippen molar-refractivity contribution >= 4 is 5.91 Å². The number of carbonyl (C=O) groups is 1. The van der Waals surface area contributed by atoms with E-state index in [4.69, 9.17) is 9.47 Å². The van der Waals surface area contributed by atoms with Crippen LogP contribution in [0.1, 0.15) is 31.2 Å². The van der Waals surface area contributed by atoms with E-state index in [1.54, 1.807) is 14.2 Å². The number of piperidine rings is 1. The third-order valence-corrected chi connectivity index (χ3v) is 5.68. The Hall–Kier alpha value is -1.59. The van der Waals surface area contributed by atoms with E-state index in [9.17, 15) is 4.79 Å². The average molecular weight is 346 g/mol. The highest BCUT2D eigenvalue weighted by atomic mass is 16.5. The monoisotopic (exact) mass is 346 g/mol. The van der Waals surface area contributed by atoms with Gasteiger partial charge in [-0.1, -0.05) is 18.2 Å². The highest BCUT2D eigenvalue weighted by Crippen LogP contribution is 2.51. The molecule has 1 aliphatic carbocycles. The molecule has 1 aliphatic heterocycles. The minimum atomic E-state index is -0.369. The van der Waals surface area contributed by atoms with Crippen molar-refractivity contribution in [1.82, 2.24) is 10.2 Å². The quantitative estimate of drug-likeness (QED) is 0.784. The molecule has 1 aromatic rings. The third kappa shape index (κ3) is 4.15. The highest BCUT2D eigenvalue weighted by Gasteiger charge is 2.52. The zero-order valence-electron chi connectivity index (χ0n) is 15.4. The topological polar surface area (TPSA) is 50.8 Å². The number of methoxy groups -OCH3 is 2. The first-order valence-electron chi connectivity index (χ1n) is 9.32. The molecular formula is C20H30N2O3. The van der Waals surface area contributed by atoms with E-state index >= 15 is 0 Å². The SMILES string of the molecule is COCCN1CCC(CNC(=O)C2(c3ccccc3OC)CC2)CC1. The fourth-order valence-corrected chi connectivity index (χ4v) is 3.82. The highest BCUT2D eigenvalue weighted by molar-refractivity contribution is 5.92. The van der Waals surface area contributed by atoms with Crippen molar-refractivity contribution in [2.45, 2.75) is 31.1 Å². The van der Waals surface area contributed by atoms with Gasteiger partial charge in [0.15, 0.2) is 0 Å². The summed E-state index contributed by atoms with van der Waals surface area (Å²) in [5.74, 6) is 1.57. The summed E-state index contributed by atoms with van der Waals surface area (Å²) in [6.45, 7) is 4.78. The van der Waals surface area contributed by atoms with Crippen molar-refractivity contribution in [3.63, 3.8) is 0 Å². The number of hydrogen-bond donors (Lipinski definition) is 1. The first-order chi connectivity index (χ1) is 12.2. The van der Waals surface area contributed by atoms with Crippen LogP contribution in [-0.2, 0) is 14.9 Å². The molecule has 1 saturated carbocycles. The average Bonchev–Trinajstić information content (AvgIpc) is 3.47. The predicted octanol–water partition coefficient (Wildman–Crippen LogP) is 2.20. The maximum absolute atomic E-state index is 12.9. The van der Waals surface area contributed by atoms with Crippen molar-refractivity contribution in [3.05, 3.63) is 29.8 Å². The number of para-hydroxylation sites is 1. The zero-order chi connectivity index (χ0) is 17.7. The summed E-state index contributed by atoms with van der Waals surface area (Å²) in [7, 11) is 3.42. The first-order valence-corrected chi connectivity index (χ1v) is 9.32. The Morgan fingerprint density at radius 1 is 1.24 bits per heavy atom. The van der Waals surface area contributed by atoms with Gasteiger partial charge in [-0.25, -0.2) is 0 Å². The maximum Gasteiger partial charge on any atom is 0.230 e. The molecule has 3 rings (SSSR count). The Morgan fingerprint density at radius 2 is 1.96 bits per heavy atom. The molecule has 1 N–H and O–H groups in total. The molecule has 2 fully saturated rings. The van der Waals surface area contributed by atoms with Gasteiger partial charge in [-0.05, 0) is 50.8 Å². The van der Waals surface area contributed by atoms with Crippen LogP contribution in [0, 0.1) is 5.92 Å². The number of likely N-dealkylation sites (tertiary alicyclic amines) is 1. The lowest BCUT2D eigenvalue weighted by Gasteiger charge is -2.32. The van der Waals surface area contributed by atoms with E-state index in [1.807, 2.05) is 24.3 Å². The molecule has 0 unspecified atom stereocenters. The molecule has 0 aromatic heterocycles. The molecule has 1 heterocycles. The van der Waals surface area contributed by atoms with Crippen LogP contribution in [0.4, 0.5) is 0 Å². The molecule has 2 aliphatic rings. The lowest BCUT2D eigenvalue weighted by atomic mass is 9.92.